The van der Waals surface area contributed by atoms with E-state index in [0.717, 1.165) is 11.1 Å². The number of amides is 1. The summed E-state index contributed by atoms with van der Waals surface area (Å²) in [7, 11) is -3.93. The van der Waals surface area contributed by atoms with Gasteiger partial charge < -0.3 is 5.32 Å². The number of benzene rings is 2. The fraction of sp³-hybridized carbons (Fsp3) is 0.316. The van der Waals surface area contributed by atoms with Crippen molar-refractivity contribution in [2.45, 2.75) is 32.6 Å². The zero-order valence-electron chi connectivity index (χ0n) is 15.3. The molecule has 7 heteroatoms. The van der Waals surface area contributed by atoms with Gasteiger partial charge in [0.1, 0.15) is 4.90 Å². The van der Waals surface area contributed by atoms with Crippen LogP contribution in [-0.2, 0) is 10.0 Å². The molecule has 0 heterocycles. The van der Waals surface area contributed by atoms with Gasteiger partial charge in [0.2, 0.25) is 0 Å². The van der Waals surface area contributed by atoms with E-state index in [4.69, 9.17) is 11.6 Å². The van der Waals surface area contributed by atoms with E-state index < -0.39 is 10.0 Å². The minimum Gasteiger partial charge on any atom is -0.352 e. The first kappa shape index (κ1) is 20.3. The van der Waals surface area contributed by atoms with Crippen LogP contribution >= 0.6 is 11.6 Å². The molecule has 0 bridgehead atoms. The first-order chi connectivity index (χ1) is 12.1. The molecule has 26 heavy (non-hydrogen) atoms. The molecule has 0 aliphatic heterocycles. The normalized spacial score (nSPS) is 11.5. The van der Waals surface area contributed by atoms with E-state index in [1.165, 1.54) is 18.2 Å². The largest absolute Gasteiger partial charge is 0.352 e. The van der Waals surface area contributed by atoms with Crippen molar-refractivity contribution in [1.29, 1.82) is 0 Å². The van der Waals surface area contributed by atoms with E-state index in [0.29, 0.717) is 18.2 Å². The third-order valence-corrected chi connectivity index (χ3v) is 5.64. The van der Waals surface area contributed by atoms with Crippen molar-refractivity contribution in [1.82, 2.24) is 5.32 Å². The van der Waals surface area contributed by atoms with Crippen molar-refractivity contribution in [2.24, 2.45) is 5.92 Å². The summed E-state index contributed by atoms with van der Waals surface area (Å²) in [5, 5.41) is 2.82. The van der Waals surface area contributed by atoms with Crippen LogP contribution in [0.25, 0.3) is 0 Å². The number of aryl methyl sites for hydroxylation is 2. The van der Waals surface area contributed by atoms with Crippen LogP contribution in [0, 0.1) is 19.8 Å². The van der Waals surface area contributed by atoms with E-state index in [2.05, 4.69) is 10.0 Å². The number of sulfonamides is 1. The Morgan fingerprint density at radius 1 is 1.12 bits per heavy atom. The number of nitrogens with one attached hydrogen (secondary N) is 2. The Morgan fingerprint density at radius 3 is 2.46 bits per heavy atom. The minimum absolute atomic E-state index is 0.0585. The Kier molecular flexibility index (Phi) is 6.31. The monoisotopic (exact) mass is 394 g/mol. The number of halogens is 1. The predicted octanol–water partition coefficient (Wildman–Crippen LogP) is 4.14. The molecule has 0 radical (unpaired) electrons. The summed E-state index contributed by atoms with van der Waals surface area (Å²) in [5.74, 6) is -0.0426. The fourth-order valence-electron chi connectivity index (χ4n) is 2.29. The lowest BCUT2D eigenvalue weighted by molar-refractivity contribution is 0.0949. The summed E-state index contributed by atoms with van der Waals surface area (Å²) in [6.07, 6.45) is 0. The van der Waals surface area contributed by atoms with Gasteiger partial charge in [0.05, 0.1) is 10.7 Å². The molecular weight excluding hydrogens is 372 g/mol. The van der Waals surface area contributed by atoms with E-state index in [9.17, 15) is 13.2 Å². The molecule has 140 valence electrons. The van der Waals surface area contributed by atoms with Crippen molar-refractivity contribution in [3.8, 4) is 0 Å². The number of hydrogen-bond donors (Lipinski definition) is 2. The van der Waals surface area contributed by atoms with Crippen LogP contribution in [-0.4, -0.2) is 20.9 Å². The predicted molar refractivity (Wildman–Crippen MR) is 105 cm³/mol. The molecule has 0 aliphatic carbocycles. The zero-order chi connectivity index (χ0) is 19.5. The second kappa shape index (κ2) is 8.10. The number of anilines is 1. The number of hydrogen-bond acceptors (Lipinski definition) is 3. The van der Waals surface area contributed by atoms with Crippen LogP contribution in [0.5, 0.6) is 0 Å². The highest BCUT2D eigenvalue weighted by Gasteiger charge is 2.21. The lowest BCUT2D eigenvalue weighted by Gasteiger charge is -2.14. The fourth-order valence-corrected chi connectivity index (χ4v) is 3.94. The lowest BCUT2D eigenvalue weighted by Crippen LogP contribution is -2.27. The quantitative estimate of drug-likeness (QED) is 0.772. The van der Waals surface area contributed by atoms with Crippen LogP contribution in [0.1, 0.15) is 35.3 Å². The lowest BCUT2D eigenvalue weighted by atomic mass is 10.1. The van der Waals surface area contributed by atoms with Crippen LogP contribution in [0.4, 0.5) is 5.69 Å². The average Bonchev–Trinajstić information content (AvgIpc) is 2.56. The van der Waals surface area contributed by atoms with Gasteiger partial charge in [0, 0.05) is 12.1 Å². The average molecular weight is 395 g/mol. The molecule has 1 amide bonds. The Labute approximate surface area is 159 Å². The molecule has 5 nitrogen and oxygen atoms in total. The Bertz CT molecular complexity index is 924. The summed E-state index contributed by atoms with van der Waals surface area (Å²) in [4.78, 5) is 12.1. The van der Waals surface area contributed by atoms with Gasteiger partial charge in [0.25, 0.3) is 15.9 Å². The highest BCUT2D eigenvalue weighted by molar-refractivity contribution is 7.92. The number of rotatable bonds is 6. The topological polar surface area (TPSA) is 75.3 Å². The molecule has 0 saturated carbocycles. The minimum atomic E-state index is -3.93. The van der Waals surface area contributed by atoms with Gasteiger partial charge in [-0.3, -0.25) is 9.52 Å². The van der Waals surface area contributed by atoms with E-state index >= 15 is 0 Å². The summed E-state index contributed by atoms with van der Waals surface area (Å²) in [6, 6.07) is 9.72. The second-order valence-corrected chi connectivity index (χ2v) is 8.73. The molecule has 0 atom stereocenters. The van der Waals surface area contributed by atoms with Gasteiger partial charge >= 0.3 is 0 Å². The van der Waals surface area contributed by atoms with Gasteiger partial charge in [-0.25, -0.2) is 8.42 Å². The second-order valence-electron chi connectivity index (χ2n) is 6.67. The first-order valence-corrected chi connectivity index (χ1v) is 10.1. The van der Waals surface area contributed by atoms with Crippen LogP contribution < -0.4 is 10.0 Å². The third-order valence-electron chi connectivity index (χ3n) is 3.79. The van der Waals surface area contributed by atoms with Gasteiger partial charge in [-0.05, 0) is 55.2 Å². The first-order valence-electron chi connectivity index (χ1n) is 8.28. The molecule has 0 spiro atoms. The Balaban J connectivity index is 2.35. The SMILES string of the molecule is Cc1ccc(C)c(NS(=O)(=O)c2cc(C(=O)NCC(C)C)ccc2Cl)c1. The molecule has 2 aromatic rings. The number of carbonyl (C=O) groups is 1. The summed E-state index contributed by atoms with van der Waals surface area (Å²) >= 11 is 6.10. The smallest absolute Gasteiger partial charge is 0.263 e. The van der Waals surface area contributed by atoms with E-state index in [-0.39, 0.29) is 21.4 Å². The van der Waals surface area contributed by atoms with Crippen LogP contribution in [0.2, 0.25) is 5.02 Å². The maximum atomic E-state index is 12.8. The summed E-state index contributed by atoms with van der Waals surface area (Å²) in [5.41, 5.74) is 2.45. The van der Waals surface area contributed by atoms with Gasteiger partial charge in [-0.1, -0.05) is 37.6 Å². The van der Waals surface area contributed by atoms with Gasteiger partial charge in [-0.2, -0.15) is 0 Å². The number of carbonyl (C=O) groups excluding carboxylic acids is 1. The van der Waals surface area contributed by atoms with Crippen LogP contribution in [0.15, 0.2) is 41.3 Å². The molecule has 0 saturated heterocycles. The zero-order valence-corrected chi connectivity index (χ0v) is 16.8. The van der Waals surface area contributed by atoms with Crippen molar-refractivity contribution in [2.75, 3.05) is 11.3 Å². The molecule has 0 fully saturated rings. The molecule has 0 aliphatic rings. The molecule has 2 N–H and O–H groups in total. The van der Waals surface area contributed by atoms with E-state index in [1.807, 2.05) is 39.8 Å². The third kappa shape index (κ3) is 4.99. The molecule has 2 rings (SSSR count). The van der Waals surface area contributed by atoms with Gasteiger partial charge in [-0.15, -0.1) is 0 Å². The van der Waals surface area contributed by atoms with E-state index in [1.54, 1.807) is 6.07 Å². The van der Waals surface area contributed by atoms with Crippen LogP contribution in [0.3, 0.4) is 0 Å². The highest BCUT2D eigenvalue weighted by atomic mass is 35.5. The molecule has 2 aromatic carbocycles. The maximum Gasteiger partial charge on any atom is 0.263 e. The Hall–Kier alpha value is -2.05. The summed E-state index contributed by atoms with van der Waals surface area (Å²) in [6.45, 7) is 8.15. The molecular formula is C19H23ClN2O3S. The molecule has 0 aromatic heterocycles. The van der Waals surface area contributed by atoms with Crippen molar-refractivity contribution in [3.63, 3.8) is 0 Å². The maximum absolute atomic E-state index is 12.8. The van der Waals surface area contributed by atoms with Crippen molar-refractivity contribution in [3.05, 3.63) is 58.1 Å². The summed E-state index contributed by atoms with van der Waals surface area (Å²) < 4.78 is 28.2. The van der Waals surface area contributed by atoms with Crippen molar-refractivity contribution >= 4 is 33.2 Å². The highest BCUT2D eigenvalue weighted by Crippen LogP contribution is 2.26. The molecule has 0 unspecified atom stereocenters. The standard InChI is InChI=1S/C19H23ClN2O3S/c1-12(2)11-21-19(23)15-7-8-16(20)18(10-15)26(24,25)22-17-9-13(3)5-6-14(17)4/h5-10,12,22H,11H2,1-4H3,(H,21,23). The van der Waals surface area contributed by atoms with Crippen molar-refractivity contribution < 1.29 is 13.2 Å². The van der Waals surface area contributed by atoms with Gasteiger partial charge in [0.15, 0.2) is 0 Å². The Morgan fingerprint density at radius 2 is 1.81 bits per heavy atom.